The van der Waals surface area contributed by atoms with E-state index < -0.39 is 0 Å². The molecule has 0 N–H and O–H groups in total. The second-order valence-electron chi connectivity index (χ2n) is 9.64. The van der Waals surface area contributed by atoms with Crippen LogP contribution in [0.3, 0.4) is 0 Å². The molecular formula is C26H34N4O2. The van der Waals surface area contributed by atoms with E-state index in [1.54, 1.807) is 7.11 Å². The highest BCUT2D eigenvalue weighted by atomic mass is 16.5. The van der Waals surface area contributed by atoms with E-state index in [0.29, 0.717) is 12.3 Å². The zero-order valence-corrected chi connectivity index (χ0v) is 19.3. The molecule has 3 aliphatic rings. The lowest BCUT2D eigenvalue weighted by Crippen LogP contribution is -2.39. The topological polar surface area (TPSA) is 58.6 Å². The molecule has 1 saturated carbocycles. The molecule has 1 amide bonds. The van der Waals surface area contributed by atoms with Crippen LogP contribution in [0, 0.1) is 12.8 Å². The number of carbonyl (C=O) groups is 1. The molecule has 6 heteroatoms. The summed E-state index contributed by atoms with van der Waals surface area (Å²) >= 11 is 0. The second-order valence-corrected chi connectivity index (χ2v) is 9.64. The first-order valence-electron chi connectivity index (χ1n) is 12.1. The maximum Gasteiger partial charge on any atom is 0.226 e. The zero-order valence-electron chi connectivity index (χ0n) is 19.3. The summed E-state index contributed by atoms with van der Waals surface area (Å²) in [6.07, 6.45) is 7.36. The smallest absolute Gasteiger partial charge is 0.226 e. The number of aryl methyl sites for hydroxylation is 1. The van der Waals surface area contributed by atoms with Crippen LogP contribution >= 0.6 is 0 Å². The standard InChI is InChI=1S/C26H34N4O2/c1-18-23-4-3-13-30(17-20-5-6-20)26(23)28-25(27-18)21-11-14-29(15-12-21)24(31)16-19-7-9-22(32-2)10-8-19/h7-10,20-21H,3-6,11-17H2,1-2H3. The molecule has 3 heterocycles. The highest BCUT2D eigenvalue weighted by molar-refractivity contribution is 5.79. The highest BCUT2D eigenvalue weighted by Gasteiger charge is 2.31. The lowest BCUT2D eigenvalue weighted by Gasteiger charge is -2.34. The van der Waals surface area contributed by atoms with Crippen molar-refractivity contribution in [1.82, 2.24) is 14.9 Å². The van der Waals surface area contributed by atoms with E-state index in [9.17, 15) is 4.79 Å². The largest absolute Gasteiger partial charge is 0.497 e. The average molecular weight is 435 g/mol. The minimum absolute atomic E-state index is 0.201. The predicted molar refractivity (Wildman–Crippen MR) is 125 cm³/mol. The first-order chi connectivity index (χ1) is 15.6. The number of piperidine rings is 1. The Labute approximate surface area is 191 Å². The minimum atomic E-state index is 0.201. The van der Waals surface area contributed by atoms with E-state index in [0.717, 1.165) is 74.2 Å². The number of nitrogens with zero attached hydrogens (tertiary/aromatic N) is 4. The molecule has 1 saturated heterocycles. The van der Waals surface area contributed by atoms with Gasteiger partial charge >= 0.3 is 0 Å². The van der Waals surface area contributed by atoms with Crippen LogP contribution in [0.4, 0.5) is 5.82 Å². The highest BCUT2D eigenvalue weighted by Crippen LogP contribution is 2.36. The molecule has 2 aromatic rings. The summed E-state index contributed by atoms with van der Waals surface area (Å²) in [6.45, 7) is 5.99. The van der Waals surface area contributed by atoms with E-state index in [1.807, 2.05) is 29.2 Å². The Morgan fingerprint density at radius 2 is 1.81 bits per heavy atom. The van der Waals surface area contributed by atoms with Gasteiger partial charge in [0.2, 0.25) is 5.91 Å². The number of hydrogen-bond acceptors (Lipinski definition) is 5. The number of amides is 1. The quantitative estimate of drug-likeness (QED) is 0.690. The van der Waals surface area contributed by atoms with Crippen LogP contribution in [0.25, 0.3) is 0 Å². The summed E-state index contributed by atoms with van der Waals surface area (Å²) in [7, 11) is 1.66. The predicted octanol–water partition coefficient (Wildman–Crippen LogP) is 3.90. The van der Waals surface area contributed by atoms with Crippen molar-refractivity contribution in [2.75, 3.05) is 38.2 Å². The van der Waals surface area contributed by atoms with Gasteiger partial charge in [-0.2, -0.15) is 0 Å². The van der Waals surface area contributed by atoms with E-state index in [1.165, 1.54) is 30.6 Å². The molecule has 1 aromatic carbocycles. The fourth-order valence-corrected chi connectivity index (χ4v) is 5.10. The number of rotatable bonds is 6. The second kappa shape index (κ2) is 9.08. The molecule has 0 unspecified atom stereocenters. The Kier molecular flexibility index (Phi) is 6.03. The van der Waals surface area contributed by atoms with Gasteiger partial charge in [0.05, 0.1) is 13.5 Å². The van der Waals surface area contributed by atoms with Crippen LogP contribution in [-0.4, -0.2) is 54.1 Å². The van der Waals surface area contributed by atoms with Crippen LogP contribution in [0.2, 0.25) is 0 Å². The van der Waals surface area contributed by atoms with E-state index in [2.05, 4.69) is 11.8 Å². The van der Waals surface area contributed by atoms with Crippen LogP contribution < -0.4 is 9.64 Å². The van der Waals surface area contributed by atoms with Gasteiger partial charge in [-0.25, -0.2) is 9.97 Å². The van der Waals surface area contributed by atoms with Gasteiger partial charge in [0, 0.05) is 43.4 Å². The van der Waals surface area contributed by atoms with Gasteiger partial charge in [0.1, 0.15) is 17.4 Å². The van der Waals surface area contributed by atoms with E-state index in [4.69, 9.17) is 14.7 Å². The van der Waals surface area contributed by atoms with Crippen LogP contribution in [-0.2, 0) is 17.6 Å². The number of ether oxygens (including phenoxy) is 1. The average Bonchev–Trinajstić information content (AvgIpc) is 3.64. The molecule has 32 heavy (non-hydrogen) atoms. The molecule has 0 radical (unpaired) electrons. The fourth-order valence-electron chi connectivity index (χ4n) is 5.10. The maximum absolute atomic E-state index is 12.8. The molecule has 2 aliphatic heterocycles. The summed E-state index contributed by atoms with van der Waals surface area (Å²) in [4.78, 5) is 27.4. The van der Waals surface area contributed by atoms with Crippen molar-refractivity contribution in [2.45, 2.75) is 57.8 Å². The van der Waals surface area contributed by atoms with E-state index in [-0.39, 0.29) is 5.91 Å². The first kappa shape index (κ1) is 21.2. The molecule has 2 fully saturated rings. The van der Waals surface area contributed by atoms with Gasteiger partial charge in [-0.1, -0.05) is 12.1 Å². The van der Waals surface area contributed by atoms with Crippen LogP contribution in [0.1, 0.15) is 60.7 Å². The Morgan fingerprint density at radius 3 is 2.50 bits per heavy atom. The zero-order chi connectivity index (χ0) is 22.1. The Balaban J connectivity index is 1.23. The van der Waals surface area contributed by atoms with Crippen molar-refractivity contribution in [2.24, 2.45) is 5.92 Å². The van der Waals surface area contributed by atoms with Gasteiger partial charge in [0.25, 0.3) is 0 Å². The van der Waals surface area contributed by atoms with E-state index >= 15 is 0 Å². The summed E-state index contributed by atoms with van der Waals surface area (Å²) in [6, 6.07) is 7.77. The van der Waals surface area contributed by atoms with Crippen LogP contribution in [0.5, 0.6) is 5.75 Å². The van der Waals surface area contributed by atoms with Gasteiger partial charge in [-0.3, -0.25) is 4.79 Å². The summed E-state index contributed by atoms with van der Waals surface area (Å²) in [5.74, 6) is 4.41. The monoisotopic (exact) mass is 434 g/mol. The number of likely N-dealkylation sites (tertiary alicyclic amines) is 1. The number of hydrogen-bond donors (Lipinski definition) is 0. The third-order valence-electron chi connectivity index (χ3n) is 7.27. The van der Waals surface area contributed by atoms with Gasteiger partial charge in [0.15, 0.2) is 0 Å². The molecule has 1 aliphatic carbocycles. The minimum Gasteiger partial charge on any atom is -0.497 e. The Morgan fingerprint density at radius 1 is 1.06 bits per heavy atom. The van der Waals surface area contributed by atoms with Crippen molar-refractivity contribution in [3.05, 3.63) is 46.9 Å². The third kappa shape index (κ3) is 4.59. The summed E-state index contributed by atoms with van der Waals surface area (Å²) in [5.41, 5.74) is 3.54. The molecule has 0 atom stereocenters. The normalized spacial score (nSPS) is 19.1. The van der Waals surface area contributed by atoms with Gasteiger partial charge in [-0.05, 0) is 69.1 Å². The van der Waals surface area contributed by atoms with Crippen molar-refractivity contribution >= 4 is 11.7 Å². The van der Waals surface area contributed by atoms with Gasteiger partial charge in [-0.15, -0.1) is 0 Å². The third-order valence-corrected chi connectivity index (χ3v) is 7.27. The van der Waals surface area contributed by atoms with Crippen molar-refractivity contribution in [3.8, 4) is 5.75 Å². The number of methoxy groups -OCH3 is 1. The SMILES string of the molecule is COc1ccc(CC(=O)N2CCC(c3nc(C)c4c(n3)N(CC3CC3)CCC4)CC2)cc1. The summed E-state index contributed by atoms with van der Waals surface area (Å²) < 4.78 is 5.21. The molecule has 1 aromatic heterocycles. The van der Waals surface area contributed by atoms with Crippen molar-refractivity contribution in [1.29, 1.82) is 0 Å². The molecular weight excluding hydrogens is 400 g/mol. The molecule has 0 bridgehead atoms. The Bertz CT molecular complexity index is 963. The number of anilines is 1. The van der Waals surface area contributed by atoms with Crippen molar-refractivity contribution < 1.29 is 9.53 Å². The number of benzene rings is 1. The molecule has 0 spiro atoms. The summed E-state index contributed by atoms with van der Waals surface area (Å²) in [5, 5.41) is 0. The number of fused-ring (bicyclic) bond motifs is 1. The van der Waals surface area contributed by atoms with Crippen molar-refractivity contribution in [3.63, 3.8) is 0 Å². The molecule has 170 valence electrons. The maximum atomic E-state index is 12.8. The fraction of sp³-hybridized carbons (Fsp3) is 0.577. The lowest BCUT2D eigenvalue weighted by molar-refractivity contribution is -0.131. The number of carbonyl (C=O) groups excluding carboxylic acids is 1. The lowest BCUT2D eigenvalue weighted by atomic mass is 9.94. The Hall–Kier alpha value is -2.63. The number of aromatic nitrogens is 2. The molecule has 5 rings (SSSR count). The van der Waals surface area contributed by atoms with Crippen LogP contribution in [0.15, 0.2) is 24.3 Å². The molecule has 6 nitrogen and oxygen atoms in total. The van der Waals surface area contributed by atoms with Gasteiger partial charge < -0.3 is 14.5 Å². The first-order valence-corrected chi connectivity index (χ1v) is 12.1.